The van der Waals surface area contributed by atoms with Gasteiger partial charge in [0.25, 0.3) is 5.91 Å². The fraction of sp³-hybridized carbons (Fsp3) is 0.167. The van der Waals surface area contributed by atoms with Crippen LogP contribution in [0.1, 0.15) is 28.9 Å². The molecule has 1 aromatic heterocycles. The minimum atomic E-state index is -2.99. The first kappa shape index (κ1) is 17.5. The Morgan fingerprint density at radius 3 is 2.54 bits per heavy atom. The first-order chi connectivity index (χ1) is 12.5. The maximum absolute atomic E-state index is 12.5. The van der Waals surface area contributed by atoms with Crippen molar-refractivity contribution in [2.75, 3.05) is 0 Å². The van der Waals surface area contributed by atoms with Gasteiger partial charge in [0.2, 0.25) is 0 Å². The molecule has 1 unspecified atom stereocenters. The summed E-state index contributed by atoms with van der Waals surface area (Å²) in [5.41, 5.74) is 1.74. The minimum absolute atomic E-state index is 0.0545. The largest absolute Gasteiger partial charge is 0.434 e. The van der Waals surface area contributed by atoms with E-state index in [0.717, 1.165) is 11.3 Å². The van der Waals surface area contributed by atoms with Crippen molar-refractivity contribution in [1.29, 1.82) is 0 Å². The fourth-order valence-electron chi connectivity index (χ4n) is 2.47. The van der Waals surface area contributed by atoms with Crippen LogP contribution in [0.4, 0.5) is 8.78 Å². The van der Waals surface area contributed by atoms with Crippen molar-refractivity contribution in [2.24, 2.45) is 0 Å². The van der Waals surface area contributed by atoms with Gasteiger partial charge in [-0.2, -0.15) is 13.9 Å². The number of hydrogen-bond acceptors (Lipinski definition) is 4. The van der Waals surface area contributed by atoms with Crippen molar-refractivity contribution >= 4 is 5.91 Å². The summed E-state index contributed by atoms with van der Waals surface area (Å²) in [5, 5.41) is 6.82. The summed E-state index contributed by atoms with van der Waals surface area (Å²) in [6, 6.07) is 13.0. The minimum Gasteiger partial charge on any atom is -0.434 e. The Morgan fingerprint density at radius 2 is 1.88 bits per heavy atom. The van der Waals surface area contributed by atoms with E-state index in [0.29, 0.717) is 0 Å². The lowest BCUT2D eigenvalue weighted by molar-refractivity contribution is -0.0501. The molecule has 2 aromatic carbocycles. The Bertz CT molecular complexity index is 867. The standard InChI is InChI=1S/C18H16F2N4O2/c1-12(13-6-8-14(9-7-13)24-11-21-10-22-24)23-17(25)15-4-2-3-5-16(15)26-18(19)20/h2-12,18H,1H3,(H,23,25). The summed E-state index contributed by atoms with van der Waals surface area (Å²) in [6.07, 6.45) is 3.02. The predicted molar refractivity (Wildman–Crippen MR) is 90.3 cm³/mol. The molecule has 1 amide bonds. The van der Waals surface area contributed by atoms with Gasteiger partial charge in [0.1, 0.15) is 18.4 Å². The van der Waals surface area contributed by atoms with Crippen LogP contribution < -0.4 is 10.1 Å². The average Bonchev–Trinajstić information content (AvgIpc) is 3.16. The number of rotatable bonds is 6. The third-order valence-electron chi connectivity index (χ3n) is 3.77. The van der Waals surface area contributed by atoms with Crippen molar-refractivity contribution in [3.05, 3.63) is 72.3 Å². The summed E-state index contributed by atoms with van der Waals surface area (Å²) >= 11 is 0. The number of ether oxygens (including phenoxy) is 1. The van der Waals surface area contributed by atoms with Gasteiger partial charge in [-0.05, 0) is 36.8 Å². The molecule has 1 N–H and O–H groups in total. The van der Waals surface area contributed by atoms with Gasteiger partial charge >= 0.3 is 6.61 Å². The molecular weight excluding hydrogens is 342 g/mol. The molecule has 0 fully saturated rings. The number of halogens is 2. The molecule has 0 saturated heterocycles. The van der Waals surface area contributed by atoms with Crippen LogP contribution in [-0.4, -0.2) is 27.3 Å². The van der Waals surface area contributed by atoms with Crippen molar-refractivity contribution in [3.63, 3.8) is 0 Å². The molecule has 1 heterocycles. The van der Waals surface area contributed by atoms with Crippen molar-refractivity contribution in [2.45, 2.75) is 19.6 Å². The predicted octanol–water partition coefficient (Wildman–Crippen LogP) is 3.36. The molecule has 26 heavy (non-hydrogen) atoms. The lowest BCUT2D eigenvalue weighted by atomic mass is 10.1. The maximum Gasteiger partial charge on any atom is 0.387 e. The highest BCUT2D eigenvalue weighted by atomic mass is 19.3. The highest BCUT2D eigenvalue weighted by Gasteiger charge is 2.17. The average molecular weight is 358 g/mol. The number of alkyl halides is 2. The Hall–Kier alpha value is -3.29. The maximum atomic E-state index is 12.5. The summed E-state index contributed by atoms with van der Waals surface area (Å²) < 4.78 is 31.0. The lowest BCUT2D eigenvalue weighted by Crippen LogP contribution is -2.27. The Balaban J connectivity index is 1.72. The monoisotopic (exact) mass is 358 g/mol. The fourth-order valence-corrected chi connectivity index (χ4v) is 2.47. The molecule has 0 spiro atoms. The molecule has 3 rings (SSSR count). The van der Waals surface area contributed by atoms with Crippen LogP contribution in [0.5, 0.6) is 5.75 Å². The van der Waals surface area contributed by atoms with E-state index in [9.17, 15) is 13.6 Å². The second kappa shape index (κ2) is 7.73. The molecule has 0 aliphatic heterocycles. The molecule has 1 atom stereocenters. The second-order valence-corrected chi connectivity index (χ2v) is 5.50. The number of amides is 1. The molecule has 0 bridgehead atoms. The molecule has 6 nitrogen and oxygen atoms in total. The summed E-state index contributed by atoms with van der Waals surface area (Å²) in [5.74, 6) is -0.650. The van der Waals surface area contributed by atoms with Gasteiger partial charge in [-0.15, -0.1) is 0 Å². The van der Waals surface area contributed by atoms with E-state index in [1.165, 1.54) is 24.5 Å². The Morgan fingerprint density at radius 1 is 1.15 bits per heavy atom. The number of hydrogen-bond donors (Lipinski definition) is 1. The topological polar surface area (TPSA) is 69.0 Å². The molecule has 0 saturated carbocycles. The van der Waals surface area contributed by atoms with Crippen LogP contribution >= 0.6 is 0 Å². The van der Waals surface area contributed by atoms with E-state index >= 15 is 0 Å². The molecule has 134 valence electrons. The Kier molecular flexibility index (Phi) is 5.21. The van der Waals surface area contributed by atoms with E-state index < -0.39 is 12.5 Å². The van der Waals surface area contributed by atoms with Gasteiger partial charge in [-0.1, -0.05) is 24.3 Å². The molecule has 3 aromatic rings. The molecule has 8 heteroatoms. The van der Waals surface area contributed by atoms with E-state index in [2.05, 4.69) is 20.1 Å². The zero-order valence-corrected chi connectivity index (χ0v) is 13.8. The van der Waals surface area contributed by atoms with E-state index in [1.54, 1.807) is 24.0 Å². The highest BCUT2D eigenvalue weighted by molar-refractivity contribution is 5.97. The van der Waals surface area contributed by atoms with E-state index in [1.807, 2.05) is 24.3 Å². The zero-order valence-electron chi connectivity index (χ0n) is 13.8. The van der Waals surface area contributed by atoms with Crippen LogP contribution in [0.3, 0.4) is 0 Å². The smallest absolute Gasteiger partial charge is 0.387 e. The summed E-state index contributed by atoms with van der Waals surface area (Å²) in [4.78, 5) is 16.3. The number of carbonyl (C=O) groups excluding carboxylic acids is 1. The van der Waals surface area contributed by atoms with Crippen LogP contribution in [-0.2, 0) is 0 Å². The Labute approximate surface area is 148 Å². The number of benzene rings is 2. The number of nitrogens with one attached hydrogen (secondary N) is 1. The van der Waals surface area contributed by atoms with Crippen LogP contribution in [0, 0.1) is 0 Å². The third-order valence-corrected chi connectivity index (χ3v) is 3.77. The number of carbonyl (C=O) groups is 1. The van der Waals surface area contributed by atoms with Gasteiger partial charge in [0.05, 0.1) is 17.3 Å². The van der Waals surface area contributed by atoms with Crippen LogP contribution in [0.15, 0.2) is 61.2 Å². The second-order valence-electron chi connectivity index (χ2n) is 5.50. The molecule has 0 aliphatic rings. The van der Waals surface area contributed by atoms with Gasteiger partial charge < -0.3 is 10.1 Å². The first-order valence-corrected chi connectivity index (χ1v) is 7.84. The SMILES string of the molecule is CC(NC(=O)c1ccccc1OC(F)F)c1ccc(-n2cncn2)cc1. The molecule has 0 radical (unpaired) electrons. The summed E-state index contributed by atoms with van der Waals surface area (Å²) in [6.45, 7) is -1.19. The quantitative estimate of drug-likeness (QED) is 0.734. The van der Waals surface area contributed by atoms with Gasteiger partial charge in [-0.25, -0.2) is 9.67 Å². The number of para-hydroxylation sites is 1. The van der Waals surface area contributed by atoms with Crippen molar-refractivity contribution < 1.29 is 18.3 Å². The van der Waals surface area contributed by atoms with Gasteiger partial charge in [0, 0.05) is 0 Å². The van der Waals surface area contributed by atoms with Crippen LogP contribution in [0.2, 0.25) is 0 Å². The lowest BCUT2D eigenvalue weighted by Gasteiger charge is -2.16. The summed E-state index contributed by atoms with van der Waals surface area (Å²) in [7, 11) is 0. The normalized spacial score (nSPS) is 12.0. The van der Waals surface area contributed by atoms with Gasteiger partial charge in [-0.3, -0.25) is 4.79 Å². The highest BCUT2D eigenvalue weighted by Crippen LogP contribution is 2.22. The van der Waals surface area contributed by atoms with Gasteiger partial charge in [0.15, 0.2) is 0 Å². The van der Waals surface area contributed by atoms with Crippen molar-refractivity contribution in [3.8, 4) is 11.4 Å². The van der Waals surface area contributed by atoms with E-state index in [-0.39, 0.29) is 17.4 Å². The van der Waals surface area contributed by atoms with Crippen LogP contribution in [0.25, 0.3) is 5.69 Å². The first-order valence-electron chi connectivity index (χ1n) is 7.84. The number of aromatic nitrogens is 3. The molecular formula is C18H16F2N4O2. The van der Waals surface area contributed by atoms with E-state index in [4.69, 9.17) is 0 Å². The molecule has 0 aliphatic carbocycles. The zero-order chi connectivity index (χ0) is 18.5. The third kappa shape index (κ3) is 4.02. The number of nitrogens with zero attached hydrogens (tertiary/aromatic N) is 3. The van der Waals surface area contributed by atoms with Crippen molar-refractivity contribution in [1.82, 2.24) is 20.1 Å².